The Labute approximate surface area is 127 Å². The molecule has 0 atom stereocenters. The molecule has 0 unspecified atom stereocenters. The van der Waals surface area contributed by atoms with Crippen molar-refractivity contribution in [2.75, 3.05) is 23.3 Å². The highest BCUT2D eigenvalue weighted by molar-refractivity contribution is 7.15. The molecule has 1 aromatic carbocycles. The fourth-order valence-corrected chi connectivity index (χ4v) is 2.91. The number of hydrogen-bond acceptors (Lipinski definition) is 5. The number of thiazole rings is 1. The highest BCUT2D eigenvalue weighted by Crippen LogP contribution is 2.24. The largest absolute Gasteiger partial charge is 0.378 e. The van der Waals surface area contributed by atoms with E-state index in [0.717, 1.165) is 23.1 Å². The average molecular weight is 304 g/mol. The molecule has 0 amide bonds. The third-order valence-electron chi connectivity index (χ3n) is 3.13. The van der Waals surface area contributed by atoms with Crippen molar-refractivity contribution < 1.29 is 4.39 Å². The molecule has 0 radical (unpaired) electrons. The predicted octanol–water partition coefficient (Wildman–Crippen LogP) is 3.61. The van der Waals surface area contributed by atoms with Crippen molar-refractivity contribution in [1.29, 1.82) is 5.26 Å². The van der Waals surface area contributed by atoms with Crippen LogP contribution in [0.3, 0.4) is 0 Å². The molecule has 0 fully saturated rings. The van der Waals surface area contributed by atoms with Gasteiger partial charge < -0.3 is 10.2 Å². The molecule has 6 heteroatoms. The third kappa shape index (κ3) is 3.70. The zero-order valence-electron chi connectivity index (χ0n) is 12.1. The van der Waals surface area contributed by atoms with Crippen molar-refractivity contribution >= 4 is 22.2 Å². The van der Waals surface area contributed by atoms with Gasteiger partial charge in [-0.3, -0.25) is 0 Å². The number of rotatable bonds is 6. The Hall–Kier alpha value is -2.13. The zero-order chi connectivity index (χ0) is 15.2. The molecule has 1 aromatic heterocycles. The van der Waals surface area contributed by atoms with Crippen LogP contribution in [0.15, 0.2) is 24.4 Å². The van der Waals surface area contributed by atoms with Crippen molar-refractivity contribution in [3.8, 4) is 6.07 Å². The number of anilines is 2. The van der Waals surface area contributed by atoms with Crippen LogP contribution in [0.2, 0.25) is 0 Å². The molecule has 0 spiro atoms. The number of halogens is 1. The summed E-state index contributed by atoms with van der Waals surface area (Å²) in [5.41, 5.74) is 0.714. The van der Waals surface area contributed by atoms with Crippen molar-refractivity contribution in [3.63, 3.8) is 0 Å². The fraction of sp³-hybridized carbons (Fsp3) is 0.333. The van der Waals surface area contributed by atoms with Gasteiger partial charge in [0.2, 0.25) is 0 Å². The van der Waals surface area contributed by atoms with Gasteiger partial charge in [-0.25, -0.2) is 9.37 Å². The van der Waals surface area contributed by atoms with Gasteiger partial charge in [-0.05, 0) is 32.0 Å². The maximum Gasteiger partial charge on any atom is 0.185 e. The Kier molecular flexibility index (Phi) is 5.12. The second-order valence-electron chi connectivity index (χ2n) is 4.44. The molecule has 2 aromatic rings. The number of benzene rings is 1. The van der Waals surface area contributed by atoms with Crippen molar-refractivity contribution in [1.82, 2.24) is 4.98 Å². The predicted molar refractivity (Wildman–Crippen MR) is 84.1 cm³/mol. The summed E-state index contributed by atoms with van der Waals surface area (Å²) >= 11 is 1.60. The van der Waals surface area contributed by atoms with E-state index < -0.39 is 5.82 Å². The van der Waals surface area contributed by atoms with Crippen LogP contribution < -0.4 is 10.2 Å². The van der Waals surface area contributed by atoms with Gasteiger partial charge in [0.05, 0.1) is 23.9 Å². The molecular formula is C15H17FN4S. The molecule has 0 saturated carbocycles. The topological polar surface area (TPSA) is 52.0 Å². The molecule has 2 rings (SSSR count). The van der Waals surface area contributed by atoms with Gasteiger partial charge >= 0.3 is 0 Å². The Morgan fingerprint density at radius 2 is 2.14 bits per heavy atom. The number of nitrogens with one attached hydrogen (secondary N) is 1. The summed E-state index contributed by atoms with van der Waals surface area (Å²) in [5.74, 6) is -0.414. The number of nitriles is 1. The van der Waals surface area contributed by atoms with E-state index in [2.05, 4.69) is 29.0 Å². The number of hydrogen-bond donors (Lipinski definition) is 1. The molecule has 1 N–H and O–H groups in total. The molecule has 0 aliphatic carbocycles. The minimum absolute atomic E-state index is 0.319. The van der Waals surface area contributed by atoms with Gasteiger partial charge in [0.15, 0.2) is 5.13 Å². The van der Waals surface area contributed by atoms with Crippen LogP contribution in [-0.2, 0) is 6.54 Å². The summed E-state index contributed by atoms with van der Waals surface area (Å²) in [7, 11) is 0. The molecule has 0 aliphatic rings. The van der Waals surface area contributed by atoms with Crippen LogP contribution in [0.4, 0.5) is 15.2 Å². The van der Waals surface area contributed by atoms with Gasteiger partial charge in [-0.15, -0.1) is 11.3 Å². The maximum atomic E-state index is 13.7. The van der Waals surface area contributed by atoms with E-state index in [1.54, 1.807) is 23.5 Å². The Bertz CT molecular complexity index is 643. The first kappa shape index (κ1) is 15.3. The van der Waals surface area contributed by atoms with E-state index in [0.29, 0.717) is 17.8 Å². The SMILES string of the molecule is CCN(CC)c1ncc(CNc2ccc(C#N)cc2F)s1. The first-order valence-corrected chi connectivity index (χ1v) is 7.62. The number of nitrogens with zero attached hydrogens (tertiary/aromatic N) is 3. The summed E-state index contributed by atoms with van der Waals surface area (Å²) in [6.07, 6.45) is 1.81. The lowest BCUT2D eigenvalue weighted by molar-refractivity contribution is 0.629. The lowest BCUT2D eigenvalue weighted by Gasteiger charge is -2.16. The van der Waals surface area contributed by atoms with E-state index in [4.69, 9.17) is 5.26 Å². The molecule has 21 heavy (non-hydrogen) atoms. The van der Waals surface area contributed by atoms with Gasteiger partial charge in [-0.1, -0.05) is 0 Å². The molecule has 0 bridgehead atoms. The minimum atomic E-state index is -0.414. The highest BCUT2D eigenvalue weighted by Gasteiger charge is 2.08. The maximum absolute atomic E-state index is 13.7. The van der Waals surface area contributed by atoms with E-state index >= 15 is 0 Å². The lowest BCUT2D eigenvalue weighted by Crippen LogP contribution is -2.21. The van der Waals surface area contributed by atoms with Gasteiger partial charge in [0.1, 0.15) is 5.82 Å². The highest BCUT2D eigenvalue weighted by atomic mass is 32.1. The van der Waals surface area contributed by atoms with Crippen molar-refractivity contribution in [2.24, 2.45) is 0 Å². The zero-order valence-corrected chi connectivity index (χ0v) is 12.9. The van der Waals surface area contributed by atoms with Crippen LogP contribution >= 0.6 is 11.3 Å². The first-order chi connectivity index (χ1) is 10.2. The first-order valence-electron chi connectivity index (χ1n) is 6.81. The standard InChI is InChI=1S/C15H17FN4S/c1-3-20(4-2)15-19-10-12(21-15)9-18-14-6-5-11(8-17)7-13(14)16/h5-7,10,18H,3-4,9H2,1-2H3. The smallest absolute Gasteiger partial charge is 0.185 e. The summed E-state index contributed by atoms with van der Waals surface area (Å²) in [5, 5.41) is 12.7. The second-order valence-corrected chi connectivity index (χ2v) is 5.54. The molecule has 4 nitrogen and oxygen atoms in total. The Morgan fingerprint density at radius 3 is 2.76 bits per heavy atom. The van der Waals surface area contributed by atoms with Crippen LogP contribution in [0.25, 0.3) is 0 Å². The normalized spacial score (nSPS) is 10.2. The summed E-state index contributed by atoms with van der Waals surface area (Å²) in [6, 6.07) is 6.33. The van der Waals surface area contributed by atoms with Crippen molar-refractivity contribution in [3.05, 3.63) is 40.7 Å². The summed E-state index contributed by atoms with van der Waals surface area (Å²) < 4.78 is 13.7. The average Bonchev–Trinajstić information content (AvgIpc) is 2.96. The van der Waals surface area contributed by atoms with Gasteiger partial charge in [-0.2, -0.15) is 5.26 Å². The van der Waals surface area contributed by atoms with Gasteiger partial charge in [0, 0.05) is 24.2 Å². The third-order valence-corrected chi connectivity index (χ3v) is 4.18. The van der Waals surface area contributed by atoms with E-state index in [1.165, 1.54) is 6.07 Å². The Balaban J connectivity index is 2.02. The Morgan fingerprint density at radius 1 is 1.38 bits per heavy atom. The summed E-state index contributed by atoms with van der Waals surface area (Å²) in [4.78, 5) is 7.61. The number of aromatic nitrogens is 1. The monoisotopic (exact) mass is 304 g/mol. The molecule has 110 valence electrons. The second kappa shape index (κ2) is 7.04. The molecular weight excluding hydrogens is 287 g/mol. The molecule has 0 saturated heterocycles. The fourth-order valence-electron chi connectivity index (χ4n) is 1.93. The minimum Gasteiger partial charge on any atom is -0.378 e. The van der Waals surface area contributed by atoms with Crippen LogP contribution in [-0.4, -0.2) is 18.1 Å². The lowest BCUT2D eigenvalue weighted by atomic mass is 10.2. The van der Waals surface area contributed by atoms with Gasteiger partial charge in [0.25, 0.3) is 0 Å². The van der Waals surface area contributed by atoms with E-state index in [9.17, 15) is 4.39 Å². The van der Waals surface area contributed by atoms with E-state index in [-0.39, 0.29) is 0 Å². The molecule has 0 aliphatic heterocycles. The van der Waals surface area contributed by atoms with Crippen LogP contribution in [0.1, 0.15) is 24.3 Å². The van der Waals surface area contributed by atoms with Crippen molar-refractivity contribution in [2.45, 2.75) is 20.4 Å². The van der Waals surface area contributed by atoms with E-state index in [1.807, 2.05) is 12.3 Å². The summed E-state index contributed by atoms with van der Waals surface area (Å²) in [6.45, 7) is 6.54. The van der Waals surface area contributed by atoms with Crippen LogP contribution in [0, 0.1) is 17.1 Å². The molecule has 1 heterocycles. The quantitative estimate of drug-likeness (QED) is 0.885. The van der Waals surface area contributed by atoms with Crippen LogP contribution in [0.5, 0.6) is 0 Å².